The summed E-state index contributed by atoms with van der Waals surface area (Å²) in [5, 5.41) is 2.60. The summed E-state index contributed by atoms with van der Waals surface area (Å²) < 4.78 is 2.38. The van der Waals surface area contributed by atoms with E-state index in [0.29, 0.717) is 5.92 Å². The number of aromatic nitrogens is 2. The smallest absolute Gasteiger partial charge is 0.145 e. The van der Waals surface area contributed by atoms with Gasteiger partial charge in [0.05, 0.1) is 11.4 Å². The van der Waals surface area contributed by atoms with Crippen LogP contribution >= 0.6 is 0 Å². The van der Waals surface area contributed by atoms with E-state index < -0.39 is 0 Å². The number of benzene rings is 6. The zero-order valence-corrected chi connectivity index (χ0v) is 27.3. The molecule has 0 radical (unpaired) electrons. The van der Waals surface area contributed by atoms with Crippen molar-refractivity contribution in [3.8, 4) is 39.6 Å². The minimum atomic E-state index is -0.117. The van der Waals surface area contributed by atoms with E-state index in [2.05, 4.69) is 182 Å². The lowest BCUT2D eigenvalue weighted by Gasteiger charge is -2.26. The van der Waals surface area contributed by atoms with Gasteiger partial charge in [0, 0.05) is 33.7 Å². The van der Waals surface area contributed by atoms with Crippen molar-refractivity contribution in [2.45, 2.75) is 31.6 Å². The predicted molar refractivity (Wildman–Crippen MR) is 200 cm³/mol. The standard InChI is InChI=1S/C46H36N2/c1-46(2)41-27-24-37(36-23-22-31-14-12-13-21-35(31)28-36)29-40(41)39-26-25-38(30-42(39)46)48-44(33-17-8-4-9-18-33)43(32-15-6-3-7-16-32)47-45(48)34-19-10-5-11-20-34/h3-28,30,37H,29H2,1-2H3. The topological polar surface area (TPSA) is 17.8 Å². The van der Waals surface area contributed by atoms with Crippen LogP contribution in [0.25, 0.3) is 55.9 Å². The molecule has 0 fully saturated rings. The van der Waals surface area contributed by atoms with Crippen molar-refractivity contribution in [3.63, 3.8) is 0 Å². The van der Waals surface area contributed by atoms with Crippen LogP contribution in [0, 0.1) is 0 Å². The average molecular weight is 617 g/mol. The molecular weight excluding hydrogens is 581 g/mol. The van der Waals surface area contributed by atoms with Crippen molar-refractivity contribution in [2.75, 3.05) is 0 Å². The first-order valence-corrected chi connectivity index (χ1v) is 16.9. The van der Waals surface area contributed by atoms with Gasteiger partial charge in [-0.2, -0.15) is 0 Å². The maximum atomic E-state index is 5.41. The summed E-state index contributed by atoms with van der Waals surface area (Å²) in [6.45, 7) is 4.77. The third-order valence-electron chi connectivity index (χ3n) is 10.4. The number of rotatable bonds is 5. The van der Waals surface area contributed by atoms with Crippen LogP contribution in [-0.4, -0.2) is 9.55 Å². The Hall–Kier alpha value is -5.73. The molecule has 6 aromatic carbocycles. The fourth-order valence-electron chi connectivity index (χ4n) is 7.93. The molecule has 48 heavy (non-hydrogen) atoms. The molecule has 7 aromatic rings. The minimum absolute atomic E-state index is 0.117. The Morgan fingerprint density at radius 3 is 2.00 bits per heavy atom. The number of hydrogen-bond acceptors (Lipinski definition) is 1. The van der Waals surface area contributed by atoms with Gasteiger partial charge in [-0.25, -0.2) is 4.98 Å². The largest absolute Gasteiger partial charge is 0.292 e. The van der Waals surface area contributed by atoms with E-state index in [1.165, 1.54) is 38.6 Å². The molecule has 0 bridgehead atoms. The van der Waals surface area contributed by atoms with E-state index in [1.54, 1.807) is 0 Å². The van der Waals surface area contributed by atoms with Crippen molar-refractivity contribution in [1.29, 1.82) is 0 Å². The Balaban J connectivity index is 1.20. The molecule has 0 N–H and O–H groups in total. The first-order valence-electron chi connectivity index (χ1n) is 16.9. The second kappa shape index (κ2) is 11.2. The summed E-state index contributed by atoms with van der Waals surface area (Å²) in [6.07, 6.45) is 5.85. The third-order valence-corrected chi connectivity index (χ3v) is 10.4. The number of hydrogen-bond donors (Lipinski definition) is 0. The van der Waals surface area contributed by atoms with Gasteiger partial charge in [-0.3, -0.25) is 4.57 Å². The Kier molecular flexibility index (Phi) is 6.65. The Bertz CT molecular complexity index is 2370. The van der Waals surface area contributed by atoms with Crippen LogP contribution in [0.15, 0.2) is 169 Å². The van der Waals surface area contributed by atoms with Crippen LogP contribution in [0.1, 0.15) is 42.9 Å². The number of allylic oxidation sites excluding steroid dienone is 4. The molecule has 0 saturated carbocycles. The third kappa shape index (κ3) is 4.59. The highest BCUT2D eigenvalue weighted by molar-refractivity contribution is 5.88. The van der Waals surface area contributed by atoms with Crippen LogP contribution in [0.3, 0.4) is 0 Å². The minimum Gasteiger partial charge on any atom is -0.292 e. The molecule has 2 heteroatoms. The Morgan fingerprint density at radius 2 is 1.27 bits per heavy atom. The van der Waals surface area contributed by atoms with E-state index in [0.717, 1.165) is 46.0 Å². The van der Waals surface area contributed by atoms with Gasteiger partial charge in [-0.1, -0.05) is 166 Å². The second-order valence-electron chi connectivity index (χ2n) is 13.6. The van der Waals surface area contributed by atoms with Gasteiger partial charge in [0.15, 0.2) is 0 Å². The fraction of sp³-hybridized carbons (Fsp3) is 0.109. The predicted octanol–water partition coefficient (Wildman–Crippen LogP) is 11.8. The summed E-state index contributed by atoms with van der Waals surface area (Å²) in [5.74, 6) is 1.30. The number of fused-ring (bicyclic) bond motifs is 3. The summed E-state index contributed by atoms with van der Waals surface area (Å²) in [6, 6.07) is 54.6. The fourth-order valence-corrected chi connectivity index (χ4v) is 7.93. The molecular formula is C46H36N2. The lowest BCUT2D eigenvalue weighted by molar-refractivity contribution is 0.648. The lowest BCUT2D eigenvalue weighted by Crippen LogP contribution is -2.17. The maximum Gasteiger partial charge on any atom is 0.145 e. The molecule has 2 aliphatic carbocycles. The van der Waals surface area contributed by atoms with E-state index in [1.807, 2.05) is 0 Å². The molecule has 1 unspecified atom stereocenters. The molecule has 1 atom stereocenters. The summed E-state index contributed by atoms with van der Waals surface area (Å²) in [7, 11) is 0. The summed E-state index contributed by atoms with van der Waals surface area (Å²) in [4.78, 5) is 5.41. The van der Waals surface area contributed by atoms with Crippen LogP contribution in [0.4, 0.5) is 0 Å². The Labute approximate surface area is 282 Å². The van der Waals surface area contributed by atoms with Crippen LogP contribution < -0.4 is 0 Å². The molecule has 1 aromatic heterocycles. The molecule has 0 amide bonds. The van der Waals surface area contributed by atoms with E-state index >= 15 is 0 Å². The van der Waals surface area contributed by atoms with E-state index in [-0.39, 0.29) is 5.41 Å². The van der Waals surface area contributed by atoms with E-state index in [4.69, 9.17) is 4.98 Å². The lowest BCUT2D eigenvalue weighted by atomic mass is 9.78. The normalized spacial score (nSPS) is 16.2. The van der Waals surface area contributed by atoms with Gasteiger partial charge in [-0.15, -0.1) is 0 Å². The molecule has 0 spiro atoms. The molecule has 2 aliphatic rings. The highest BCUT2D eigenvalue weighted by atomic mass is 15.1. The first-order chi connectivity index (χ1) is 23.6. The summed E-state index contributed by atoms with van der Waals surface area (Å²) >= 11 is 0. The van der Waals surface area contributed by atoms with Gasteiger partial charge >= 0.3 is 0 Å². The molecule has 2 nitrogen and oxygen atoms in total. The summed E-state index contributed by atoms with van der Waals surface area (Å²) in [5.41, 5.74) is 13.5. The van der Waals surface area contributed by atoms with Gasteiger partial charge in [0.25, 0.3) is 0 Å². The van der Waals surface area contributed by atoms with Gasteiger partial charge < -0.3 is 0 Å². The highest BCUT2D eigenvalue weighted by Gasteiger charge is 2.39. The van der Waals surface area contributed by atoms with Gasteiger partial charge in [-0.05, 0) is 57.2 Å². The average Bonchev–Trinajstić information content (AvgIpc) is 3.65. The molecule has 9 rings (SSSR count). The molecule has 0 aliphatic heterocycles. The number of nitrogens with zero attached hydrogens (tertiary/aromatic N) is 2. The van der Waals surface area contributed by atoms with Crippen LogP contribution in [0.2, 0.25) is 0 Å². The van der Waals surface area contributed by atoms with Crippen molar-refractivity contribution in [3.05, 3.63) is 186 Å². The monoisotopic (exact) mass is 616 g/mol. The Morgan fingerprint density at radius 1 is 0.625 bits per heavy atom. The molecule has 230 valence electrons. The van der Waals surface area contributed by atoms with Gasteiger partial charge in [0.1, 0.15) is 5.82 Å². The second-order valence-corrected chi connectivity index (χ2v) is 13.6. The highest BCUT2D eigenvalue weighted by Crippen LogP contribution is 2.53. The van der Waals surface area contributed by atoms with Crippen molar-refractivity contribution in [2.24, 2.45) is 0 Å². The van der Waals surface area contributed by atoms with Crippen molar-refractivity contribution < 1.29 is 0 Å². The maximum absolute atomic E-state index is 5.41. The quantitative estimate of drug-likeness (QED) is 0.188. The van der Waals surface area contributed by atoms with Crippen molar-refractivity contribution >= 4 is 16.3 Å². The van der Waals surface area contributed by atoms with Crippen molar-refractivity contribution in [1.82, 2.24) is 9.55 Å². The SMILES string of the molecule is CC1(C)C2=C(CC(c3ccc4ccccc4c3)C=C2)c2ccc(-n3c(-c4ccccc4)nc(-c4ccccc4)c3-c3ccccc3)cc21. The zero-order chi connectivity index (χ0) is 32.2. The van der Waals surface area contributed by atoms with E-state index in [9.17, 15) is 0 Å². The first kappa shape index (κ1) is 28.5. The zero-order valence-electron chi connectivity index (χ0n) is 27.3. The number of imidazole rings is 1. The van der Waals surface area contributed by atoms with Crippen LogP contribution in [0.5, 0.6) is 0 Å². The van der Waals surface area contributed by atoms with Gasteiger partial charge in [0.2, 0.25) is 0 Å². The van der Waals surface area contributed by atoms with Crippen LogP contribution in [-0.2, 0) is 5.41 Å². The molecule has 1 heterocycles. The molecule has 0 saturated heterocycles.